The fraction of sp³-hybridized carbons (Fsp3) is 0.200. The quantitative estimate of drug-likeness (QED) is 0.926. The molecule has 2 N–H and O–H groups in total. The van der Waals surface area contributed by atoms with Crippen molar-refractivity contribution in [1.29, 1.82) is 0 Å². The maximum absolute atomic E-state index is 5.93. The molecule has 0 fully saturated rings. The third-order valence-corrected chi connectivity index (χ3v) is 3.54. The van der Waals surface area contributed by atoms with Crippen LogP contribution in [0.1, 0.15) is 5.82 Å². The van der Waals surface area contributed by atoms with Gasteiger partial charge < -0.3 is 10.3 Å². The Balaban J connectivity index is 2.50. The molecular formula is C10H10BrClN4. The van der Waals surface area contributed by atoms with Gasteiger partial charge in [0.25, 0.3) is 0 Å². The van der Waals surface area contributed by atoms with Crippen LogP contribution in [-0.4, -0.2) is 14.8 Å². The van der Waals surface area contributed by atoms with E-state index in [1.54, 1.807) is 0 Å². The third kappa shape index (κ3) is 1.98. The first-order valence-corrected chi connectivity index (χ1v) is 5.84. The zero-order chi connectivity index (χ0) is 11.7. The molecule has 16 heavy (non-hydrogen) atoms. The highest BCUT2D eigenvalue weighted by atomic mass is 79.9. The maximum atomic E-state index is 5.93. The minimum absolute atomic E-state index is 0.373. The lowest BCUT2D eigenvalue weighted by Crippen LogP contribution is -2.05. The van der Waals surface area contributed by atoms with Crippen molar-refractivity contribution in [2.75, 3.05) is 0 Å². The van der Waals surface area contributed by atoms with E-state index in [1.807, 2.05) is 29.8 Å². The number of hydrogen-bond acceptors (Lipinski definition) is 3. The second-order valence-corrected chi connectivity index (χ2v) is 4.59. The summed E-state index contributed by atoms with van der Waals surface area (Å²) in [6.45, 7) is 0.373. The molecule has 0 aliphatic heterocycles. The molecule has 6 heteroatoms. The summed E-state index contributed by atoms with van der Waals surface area (Å²) in [7, 11) is 1.89. The van der Waals surface area contributed by atoms with Crippen LogP contribution in [0.3, 0.4) is 0 Å². The van der Waals surface area contributed by atoms with E-state index in [-0.39, 0.29) is 0 Å². The molecule has 2 aromatic rings. The van der Waals surface area contributed by atoms with Crippen LogP contribution in [0.2, 0.25) is 5.02 Å². The van der Waals surface area contributed by atoms with Gasteiger partial charge in [-0.3, -0.25) is 0 Å². The van der Waals surface area contributed by atoms with Gasteiger partial charge in [-0.1, -0.05) is 11.6 Å². The van der Waals surface area contributed by atoms with E-state index >= 15 is 0 Å². The van der Waals surface area contributed by atoms with E-state index in [2.05, 4.69) is 26.1 Å². The normalized spacial score (nSPS) is 10.8. The highest BCUT2D eigenvalue weighted by Crippen LogP contribution is 2.27. The number of hydrogen-bond donors (Lipinski definition) is 1. The first kappa shape index (κ1) is 11.6. The fourth-order valence-electron chi connectivity index (χ4n) is 1.43. The van der Waals surface area contributed by atoms with E-state index in [4.69, 9.17) is 17.3 Å². The summed E-state index contributed by atoms with van der Waals surface area (Å²) in [5.74, 6) is 1.53. The van der Waals surface area contributed by atoms with E-state index in [9.17, 15) is 0 Å². The van der Waals surface area contributed by atoms with Crippen molar-refractivity contribution < 1.29 is 0 Å². The molecule has 0 spiro atoms. The minimum Gasteiger partial charge on any atom is -0.324 e. The average molecular weight is 302 g/mol. The van der Waals surface area contributed by atoms with Gasteiger partial charge in [0.15, 0.2) is 5.82 Å². The highest BCUT2D eigenvalue weighted by Gasteiger charge is 2.10. The van der Waals surface area contributed by atoms with Crippen LogP contribution in [0.15, 0.2) is 22.7 Å². The number of benzene rings is 1. The van der Waals surface area contributed by atoms with E-state index < -0.39 is 0 Å². The van der Waals surface area contributed by atoms with Crippen molar-refractivity contribution in [1.82, 2.24) is 14.8 Å². The predicted molar refractivity (Wildman–Crippen MR) is 67.0 cm³/mol. The van der Waals surface area contributed by atoms with Crippen molar-refractivity contribution in [3.8, 4) is 11.4 Å². The second kappa shape index (κ2) is 4.53. The van der Waals surface area contributed by atoms with Crippen molar-refractivity contribution in [2.24, 2.45) is 12.8 Å². The summed E-state index contributed by atoms with van der Waals surface area (Å²) in [5.41, 5.74) is 6.49. The van der Waals surface area contributed by atoms with E-state index in [0.717, 1.165) is 21.7 Å². The Morgan fingerprint density at radius 1 is 1.44 bits per heavy atom. The van der Waals surface area contributed by atoms with Gasteiger partial charge in [0, 0.05) is 17.1 Å². The first-order chi connectivity index (χ1) is 7.63. The monoisotopic (exact) mass is 300 g/mol. The number of rotatable bonds is 2. The fourth-order valence-corrected chi connectivity index (χ4v) is 1.92. The lowest BCUT2D eigenvalue weighted by atomic mass is 10.2. The Labute approximate surface area is 107 Å². The van der Waals surface area contributed by atoms with Gasteiger partial charge in [0.2, 0.25) is 0 Å². The molecular weight excluding hydrogens is 291 g/mol. The number of aromatic nitrogens is 3. The molecule has 2 rings (SSSR count). The van der Waals surface area contributed by atoms with Crippen molar-refractivity contribution in [3.05, 3.63) is 33.5 Å². The molecule has 0 aliphatic rings. The van der Waals surface area contributed by atoms with E-state index in [1.165, 1.54) is 0 Å². The van der Waals surface area contributed by atoms with Gasteiger partial charge in [-0.05, 0) is 34.1 Å². The molecule has 1 heterocycles. The average Bonchev–Trinajstić information content (AvgIpc) is 2.64. The zero-order valence-corrected chi connectivity index (χ0v) is 11.0. The number of nitrogens with two attached hydrogens (primary N) is 1. The van der Waals surface area contributed by atoms with Gasteiger partial charge in [0.1, 0.15) is 5.82 Å². The molecule has 84 valence electrons. The summed E-state index contributed by atoms with van der Waals surface area (Å²) in [6, 6.07) is 5.63. The summed E-state index contributed by atoms with van der Waals surface area (Å²) >= 11 is 9.31. The second-order valence-electron chi connectivity index (χ2n) is 3.33. The molecule has 1 aromatic heterocycles. The van der Waals surface area contributed by atoms with Crippen LogP contribution in [-0.2, 0) is 13.6 Å². The van der Waals surface area contributed by atoms with Crippen LogP contribution >= 0.6 is 27.5 Å². The Morgan fingerprint density at radius 3 is 2.75 bits per heavy atom. The van der Waals surface area contributed by atoms with Crippen molar-refractivity contribution in [2.45, 2.75) is 6.54 Å². The molecule has 0 unspecified atom stereocenters. The Kier molecular flexibility index (Phi) is 3.28. The van der Waals surface area contributed by atoms with Gasteiger partial charge in [0.05, 0.1) is 11.6 Å². The van der Waals surface area contributed by atoms with Crippen LogP contribution < -0.4 is 5.73 Å². The Hall–Kier alpha value is -0.910. The maximum Gasteiger partial charge on any atom is 0.163 e. The summed E-state index contributed by atoms with van der Waals surface area (Å²) in [5, 5.41) is 8.77. The van der Waals surface area contributed by atoms with Gasteiger partial charge in [-0.2, -0.15) is 0 Å². The smallest absolute Gasteiger partial charge is 0.163 e. The van der Waals surface area contributed by atoms with Crippen molar-refractivity contribution in [3.63, 3.8) is 0 Å². The summed E-state index contributed by atoms with van der Waals surface area (Å²) < 4.78 is 2.71. The number of halogens is 2. The molecule has 0 radical (unpaired) electrons. The molecule has 0 bridgehead atoms. The van der Waals surface area contributed by atoms with E-state index in [0.29, 0.717) is 11.6 Å². The van der Waals surface area contributed by atoms with Gasteiger partial charge >= 0.3 is 0 Å². The van der Waals surface area contributed by atoms with Gasteiger partial charge in [-0.25, -0.2) is 0 Å². The van der Waals surface area contributed by atoms with Crippen LogP contribution in [0, 0.1) is 0 Å². The number of nitrogens with zero attached hydrogens (tertiary/aromatic N) is 3. The molecule has 4 nitrogen and oxygen atoms in total. The SMILES string of the molecule is Cn1c(CN)nnc1-c1ccc(Cl)c(Br)c1. The topological polar surface area (TPSA) is 56.7 Å². The lowest BCUT2D eigenvalue weighted by molar-refractivity contribution is 0.797. The van der Waals surface area contributed by atoms with Crippen LogP contribution in [0.25, 0.3) is 11.4 Å². The molecule has 0 atom stereocenters. The minimum atomic E-state index is 0.373. The lowest BCUT2D eigenvalue weighted by Gasteiger charge is -2.04. The van der Waals surface area contributed by atoms with Crippen LogP contribution in [0.4, 0.5) is 0 Å². The zero-order valence-electron chi connectivity index (χ0n) is 8.61. The standard InChI is InChI=1S/C10H10BrClN4/c1-16-9(5-13)14-15-10(16)6-2-3-8(12)7(11)4-6/h2-4H,5,13H2,1H3. The summed E-state index contributed by atoms with van der Waals surface area (Å²) in [6.07, 6.45) is 0. The van der Waals surface area contributed by atoms with Gasteiger partial charge in [-0.15, -0.1) is 10.2 Å². The summed E-state index contributed by atoms with van der Waals surface area (Å²) in [4.78, 5) is 0. The predicted octanol–water partition coefficient (Wildman–Crippen LogP) is 2.36. The first-order valence-electron chi connectivity index (χ1n) is 4.67. The molecule has 1 aromatic carbocycles. The van der Waals surface area contributed by atoms with Crippen LogP contribution in [0.5, 0.6) is 0 Å². The Morgan fingerprint density at radius 2 is 2.19 bits per heavy atom. The largest absolute Gasteiger partial charge is 0.324 e. The molecule has 0 aliphatic carbocycles. The Bertz CT molecular complexity index is 524. The third-order valence-electron chi connectivity index (χ3n) is 2.33. The highest BCUT2D eigenvalue weighted by molar-refractivity contribution is 9.10. The molecule has 0 amide bonds. The van der Waals surface area contributed by atoms with Crippen molar-refractivity contribution >= 4 is 27.5 Å². The molecule has 0 saturated carbocycles. The molecule has 0 saturated heterocycles.